The minimum atomic E-state index is -3.94. The van der Waals surface area contributed by atoms with Crippen molar-refractivity contribution in [1.29, 1.82) is 0 Å². The summed E-state index contributed by atoms with van der Waals surface area (Å²) in [4.78, 5) is 10.7. The van der Waals surface area contributed by atoms with Crippen molar-refractivity contribution < 1.29 is 23.4 Å². The summed E-state index contributed by atoms with van der Waals surface area (Å²) in [6.45, 7) is 1.22. The van der Waals surface area contributed by atoms with Gasteiger partial charge in [0.1, 0.15) is 6.04 Å². The van der Waals surface area contributed by atoms with Gasteiger partial charge in [-0.25, -0.2) is 8.42 Å². The molecule has 3 N–H and O–H groups in total. The number of carbonyl (C=O) groups is 1. The standard InChI is InChI=1S/C12H17NO5S/c1-2-3-9-4-6-10(7-5-9)19(17,18)13-11(8-14)12(15)16/h4-7,11,13-14H,2-3,8H2,1H3,(H,15,16)/t11-/m0/s1. The first kappa shape index (κ1) is 15.6. The second-order valence-electron chi connectivity index (χ2n) is 4.09. The quantitative estimate of drug-likeness (QED) is 0.672. The van der Waals surface area contributed by atoms with Gasteiger partial charge in [-0.1, -0.05) is 25.5 Å². The van der Waals surface area contributed by atoms with E-state index in [4.69, 9.17) is 10.2 Å². The van der Waals surface area contributed by atoms with E-state index in [0.29, 0.717) is 0 Å². The zero-order valence-electron chi connectivity index (χ0n) is 10.5. The van der Waals surface area contributed by atoms with Crippen molar-refractivity contribution in [3.63, 3.8) is 0 Å². The van der Waals surface area contributed by atoms with E-state index in [1.54, 1.807) is 12.1 Å². The van der Waals surface area contributed by atoms with E-state index in [1.165, 1.54) is 12.1 Å². The van der Waals surface area contributed by atoms with Crippen LogP contribution >= 0.6 is 0 Å². The maximum Gasteiger partial charge on any atom is 0.324 e. The van der Waals surface area contributed by atoms with Crippen LogP contribution in [0.3, 0.4) is 0 Å². The maximum atomic E-state index is 11.9. The van der Waals surface area contributed by atoms with Crippen LogP contribution in [0.1, 0.15) is 18.9 Å². The van der Waals surface area contributed by atoms with Gasteiger partial charge < -0.3 is 10.2 Å². The van der Waals surface area contributed by atoms with E-state index in [2.05, 4.69) is 0 Å². The molecule has 6 nitrogen and oxygen atoms in total. The van der Waals surface area contributed by atoms with E-state index in [0.717, 1.165) is 18.4 Å². The van der Waals surface area contributed by atoms with E-state index < -0.39 is 28.6 Å². The molecule has 0 aromatic heterocycles. The highest BCUT2D eigenvalue weighted by Crippen LogP contribution is 2.12. The van der Waals surface area contributed by atoms with Gasteiger partial charge in [0, 0.05) is 0 Å². The molecular formula is C12H17NO5S. The second-order valence-corrected chi connectivity index (χ2v) is 5.80. The first-order chi connectivity index (χ1) is 8.90. The van der Waals surface area contributed by atoms with Gasteiger partial charge >= 0.3 is 5.97 Å². The number of hydrogen-bond donors (Lipinski definition) is 3. The average molecular weight is 287 g/mol. The monoisotopic (exact) mass is 287 g/mol. The third-order valence-electron chi connectivity index (χ3n) is 2.55. The van der Waals surface area contributed by atoms with Crippen LogP contribution in [-0.4, -0.2) is 37.2 Å². The molecule has 0 radical (unpaired) electrons. The number of aliphatic hydroxyl groups excluding tert-OH is 1. The number of rotatable bonds is 7. The number of aryl methyl sites for hydroxylation is 1. The Labute approximate surface area is 112 Å². The molecule has 0 amide bonds. The second kappa shape index (κ2) is 6.65. The summed E-state index contributed by atoms with van der Waals surface area (Å²) in [5.74, 6) is -1.42. The molecule has 0 saturated carbocycles. The summed E-state index contributed by atoms with van der Waals surface area (Å²) in [5.41, 5.74) is 1.01. The van der Waals surface area contributed by atoms with Crippen molar-refractivity contribution >= 4 is 16.0 Å². The third kappa shape index (κ3) is 4.30. The van der Waals surface area contributed by atoms with Crippen LogP contribution in [-0.2, 0) is 21.2 Å². The average Bonchev–Trinajstić information content (AvgIpc) is 2.37. The molecule has 19 heavy (non-hydrogen) atoms. The smallest absolute Gasteiger partial charge is 0.324 e. The predicted molar refractivity (Wildman–Crippen MR) is 69.3 cm³/mol. The number of aliphatic hydroxyl groups is 1. The number of nitrogens with one attached hydrogen (secondary N) is 1. The fourth-order valence-electron chi connectivity index (χ4n) is 1.55. The number of carboxylic acids is 1. The van der Waals surface area contributed by atoms with Gasteiger partial charge in [0.15, 0.2) is 0 Å². The summed E-state index contributed by atoms with van der Waals surface area (Å²) in [5, 5.41) is 17.5. The van der Waals surface area contributed by atoms with Crippen molar-refractivity contribution in [1.82, 2.24) is 4.72 Å². The highest BCUT2D eigenvalue weighted by molar-refractivity contribution is 7.89. The van der Waals surface area contributed by atoms with Crippen molar-refractivity contribution in [2.24, 2.45) is 0 Å². The lowest BCUT2D eigenvalue weighted by atomic mass is 10.1. The molecule has 0 unspecified atom stereocenters. The van der Waals surface area contributed by atoms with Crippen molar-refractivity contribution in [3.05, 3.63) is 29.8 Å². The topological polar surface area (TPSA) is 104 Å². The van der Waals surface area contributed by atoms with Gasteiger partial charge in [0.2, 0.25) is 10.0 Å². The van der Waals surface area contributed by atoms with Gasteiger partial charge in [-0.05, 0) is 24.1 Å². The normalized spacial score (nSPS) is 13.2. The first-order valence-electron chi connectivity index (χ1n) is 5.85. The van der Waals surface area contributed by atoms with Gasteiger partial charge in [0.25, 0.3) is 0 Å². The van der Waals surface area contributed by atoms with E-state index in [-0.39, 0.29) is 4.90 Å². The Morgan fingerprint density at radius 2 is 1.89 bits per heavy atom. The number of sulfonamides is 1. The van der Waals surface area contributed by atoms with Gasteiger partial charge in [-0.2, -0.15) is 4.72 Å². The molecule has 0 saturated heterocycles. The van der Waals surface area contributed by atoms with Crippen molar-refractivity contribution in [2.75, 3.05) is 6.61 Å². The first-order valence-corrected chi connectivity index (χ1v) is 7.34. The summed E-state index contributed by atoms with van der Waals surface area (Å²) >= 11 is 0. The SMILES string of the molecule is CCCc1ccc(S(=O)(=O)N[C@@H](CO)C(=O)O)cc1. The number of aliphatic carboxylic acids is 1. The molecule has 0 spiro atoms. The van der Waals surface area contributed by atoms with E-state index in [9.17, 15) is 13.2 Å². The molecule has 0 aliphatic heterocycles. The van der Waals surface area contributed by atoms with Crippen molar-refractivity contribution in [3.8, 4) is 0 Å². The minimum Gasteiger partial charge on any atom is -0.480 e. The molecule has 0 bridgehead atoms. The number of benzene rings is 1. The Balaban J connectivity index is 2.90. The molecule has 106 valence electrons. The lowest BCUT2D eigenvalue weighted by Gasteiger charge is -2.12. The Morgan fingerprint density at radius 1 is 1.32 bits per heavy atom. The highest BCUT2D eigenvalue weighted by atomic mass is 32.2. The van der Waals surface area contributed by atoms with Gasteiger partial charge in [-0.15, -0.1) is 0 Å². The molecule has 1 rings (SSSR count). The van der Waals surface area contributed by atoms with Crippen LogP contribution in [0.5, 0.6) is 0 Å². The van der Waals surface area contributed by atoms with Crippen LogP contribution in [0.2, 0.25) is 0 Å². The largest absolute Gasteiger partial charge is 0.480 e. The minimum absolute atomic E-state index is 0.0212. The Morgan fingerprint density at radius 3 is 2.32 bits per heavy atom. The zero-order valence-corrected chi connectivity index (χ0v) is 11.4. The predicted octanol–water partition coefficient (Wildman–Crippen LogP) is 0.363. The molecule has 1 aromatic carbocycles. The van der Waals surface area contributed by atoms with Gasteiger partial charge in [-0.3, -0.25) is 4.79 Å². The fraction of sp³-hybridized carbons (Fsp3) is 0.417. The Bertz CT molecular complexity index is 524. The van der Waals surface area contributed by atoms with Gasteiger partial charge in [0.05, 0.1) is 11.5 Å². The van der Waals surface area contributed by atoms with Crippen LogP contribution in [0.4, 0.5) is 0 Å². The molecular weight excluding hydrogens is 270 g/mol. The summed E-state index contributed by atoms with van der Waals surface area (Å²) < 4.78 is 25.7. The highest BCUT2D eigenvalue weighted by Gasteiger charge is 2.24. The molecule has 0 aliphatic carbocycles. The number of carboxylic acid groups (broad SMARTS) is 1. The maximum absolute atomic E-state index is 11.9. The Hall–Kier alpha value is -1.44. The number of hydrogen-bond acceptors (Lipinski definition) is 4. The molecule has 1 atom stereocenters. The Kier molecular flexibility index (Phi) is 5.46. The summed E-state index contributed by atoms with van der Waals surface area (Å²) in [6.07, 6.45) is 1.80. The molecule has 0 aliphatic rings. The lowest BCUT2D eigenvalue weighted by Crippen LogP contribution is -2.43. The van der Waals surface area contributed by atoms with Crippen LogP contribution in [0.25, 0.3) is 0 Å². The summed E-state index contributed by atoms with van der Waals surface area (Å²) in [7, 11) is -3.94. The molecule has 0 fully saturated rings. The van der Waals surface area contributed by atoms with Crippen LogP contribution < -0.4 is 4.72 Å². The third-order valence-corrected chi connectivity index (χ3v) is 4.04. The van der Waals surface area contributed by atoms with E-state index in [1.807, 2.05) is 11.6 Å². The molecule has 1 aromatic rings. The zero-order chi connectivity index (χ0) is 14.5. The van der Waals surface area contributed by atoms with E-state index >= 15 is 0 Å². The molecule has 0 heterocycles. The van der Waals surface area contributed by atoms with Crippen molar-refractivity contribution in [2.45, 2.75) is 30.7 Å². The van der Waals surface area contributed by atoms with Crippen LogP contribution in [0, 0.1) is 0 Å². The molecule has 7 heteroatoms. The fourth-order valence-corrected chi connectivity index (χ4v) is 2.73. The summed E-state index contributed by atoms with van der Waals surface area (Å²) in [6, 6.07) is 4.67. The van der Waals surface area contributed by atoms with Crippen LogP contribution in [0.15, 0.2) is 29.2 Å². The lowest BCUT2D eigenvalue weighted by molar-refractivity contribution is -0.139.